The van der Waals surface area contributed by atoms with Gasteiger partial charge in [0, 0.05) is 5.75 Å². The Balaban J connectivity index is 1.73. The van der Waals surface area contributed by atoms with Gasteiger partial charge in [0.05, 0.1) is 21.8 Å². The highest BCUT2D eigenvalue weighted by Gasteiger charge is 2.04. The minimum Gasteiger partial charge on any atom is -0.230 e. The first kappa shape index (κ1) is 12.2. The molecule has 0 amide bonds. The summed E-state index contributed by atoms with van der Waals surface area (Å²) in [6.45, 7) is 0. The van der Waals surface area contributed by atoms with Gasteiger partial charge in [-0.3, -0.25) is 0 Å². The number of benzene rings is 2. The number of rotatable bonds is 3. The van der Waals surface area contributed by atoms with Crippen molar-refractivity contribution >= 4 is 33.3 Å². The van der Waals surface area contributed by atoms with E-state index in [0.717, 1.165) is 15.6 Å². The molecule has 3 rings (SSSR count). The summed E-state index contributed by atoms with van der Waals surface area (Å²) in [4.78, 5) is 4.59. The van der Waals surface area contributed by atoms with Crippen molar-refractivity contribution in [3.63, 3.8) is 0 Å². The van der Waals surface area contributed by atoms with E-state index in [1.165, 1.54) is 10.3 Å². The van der Waals surface area contributed by atoms with Crippen molar-refractivity contribution in [3.8, 4) is 6.07 Å². The Kier molecular flexibility index (Phi) is 3.49. The predicted octanol–water partition coefficient (Wildman–Crippen LogP) is 4.46. The number of para-hydroxylation sites is 1. The minimum atomic E-state index is 0.703. The van der Waals surface area contributed by atoms with Crippen LogP contribution in [0.4, 0.5) is 0 Å². The molecule has 0 aliphatic heterocycles. The Bertz CT molecular complexity index is 706. The van der Waals surface area contributed by atoms with E-state index in [0.29, 0.717) is 5.56 Å². The third-order valence-corrected chi connectivity index (χ3v) is 4.97. The lowest BCUT2D eigenvalue weighted by molar-refractivity contribution is 1.29. The number of aromatic nitrogens is 1. The van der Waals surface area contributed by atoms with Crippen molar-refractivity contribution in [2.45, 2.75) is 10.1 Å². The van der Waals surface area contributed by atoms with Gasteiger partial charge in [0.15, 0.2) is 4.34 Å². The highest BCUT2D eigenvalue weighted by molar-refractivity contribution is 8.00. The molecule has 1 aromatic heterocycles. The number of nitriles is 1. The molecule has 0 radical (unpaired) electrons. The number of fused-ring (bicyclic) bond motifs is 1. The van der Waals surface area contributed by atoms with Crippen molar-refractivity contribution in [2.75, 3.05) is 0 Å². The summed E-state index contributed by atoms with van der Waals surface area (Å²) < 4.78 is 2.32. The smallest absolute Gasteiger partial charge is 0.151 e. The van der Waals surface area contributed by atoms with E-state index in [1.807, 2.05) is 42.5 Å². The van der Waals surface area contributed by atoms with E-state index >= 15 is 0 Å². The lowest BCUT2D eigenvalue weighted by atomic mass is 10.2. The van der Waals surface area contributed by atoms with E-state index in [9.17, 15) is 0 Å². The summed E-state index contributed by atoms with van der Waals surface area (Å²) in [5.41, 5.74) is 2.98. The Morgan fingerprint density at radius 2 is 1.89 bits per heavy atom. The van der Waals surface area contributed by atoms with Gasteiger partial charge in [0.2, 0.25) is 0 Å². The predicted molar refractivity (Wildman–Crippen MR) is 80.3 cm³/mol. The summed E-state index contributed by atoms with van der Waals surface area (Å²) >= 11 is 3.46. The zero-order valence-electron chi connectivity index (χ0n) is 10.0. The van der Waals surface area contributed by atoms with Crippen molar-refractivity contribution in [1.29, 1.82) is 5.26 Å². The molecule has 0 unspecified atom stereocenters. The highest BCUT2D eigenvalue weighted by atomic mass is 32.2. The molecule has 0 aliphatic rings. The number of nitrogens with zero attached hydrogens (tertiary/aromatic N) is 2. The molecule has 0 fully saturated rings. The zero-order valence-corrected chi connectivity index (χ0v) is 11.7. The van der Waals surface area contributed by atoms with Gasteiger partial charge in [-0.05, 0) is 29.8 Å². The fourth-order valence-corrected chi connectivity index (χ4v) is 3.76. The summed E-state index contributed by atoms with van der Waals surface area (Å²) in [5, 5.41) is 8.75. The van der Waals surface area contributed by atoms with Crippen LogP contribution in [0.2, 0.25) is 0 Å². The van der Waals surface area contributed by atoms with Crippen molar-refractivity contribution in [1.82, 2.24) is 4.98 Å². The largest absolute Gasteiger partial charge is 0.230 e. The van der Waals surface area contributed by atoms with Crippen LogP contribution >= 0.6 is 23.1 Å². The Morgan fingerprint density at radius 3 is 2.63 bits per heavy atom. The molecule has 92 valence electrons. The molecule has 2 aromatic carbocycles. The molecule has 0 atom stereocenters. The maximum atomic E-state index is 8.75. The molecule has 0 saturated carbocycles. The Labute approximate surface area is 119 Å². The first-order valence-electron chi connectivity index (χ1n) is 5.82. The first-order chi connectivity index (χ1) is 9.35. The van der Waals surface area contributed by atoms with E-state index in [2.05, 4.69) is 17.1 Å². The standard InChI is InChI=1S/C15H10N2S2/c16-9-11-5-7-12(8-6-11)10-18-15-17-13-3-1-2-4-14(13)19-15/h1-8H,10H2. The van der Waals surface area contributed by atoms with E-state index in [4.69, 9.17) is 5.26 Å². The van der Waals surface area contributed by atoms with Gasteiger partial charge in [-0.25, -0.2) is 4.98 Å². The van der Waals surface area contributed by atoms with Crippen LogP contribution in [0.3, 0.4) is 0 Å². The average molecular weight is 282 g/mol. The number of thiazole rings is 1. The van der Waals surface area contributed by atoms with Crippen molar-refractivity contribution < 1.29 is 0 Å². The first-order valence-corrected chi connectivity index (χ1v) is 7.63. The molecule has 4 heteroatoms. The van der Waals surface area contributed by atoms with Gasteiger partial charge in [-0.1, -0.05) is 36.0 Å². The van der Waals surface area contributed by atoms with Crippen molar-refractivity contribution in [3.05, 3.63) is 59.7 Å². The molecule has 0 aliphatic carbocycles. The fourth-order valence-electron chi connectivity index (χ4n) is 1.73. The van der Waals surface area contributed by atoms with Gasteiger partial charge in [-0.2, -0.15) is 5.26 Å². The Morgan fingerprint density at radius 1 is 1.11 bits per heavy atom. The van der Waals surface area contributed by atoms with Crippen LogP contribution in [0.1, 0.15) is 11.1 Å². The Hall–Kier alpha value is -1.83. The number of hydrogen-bond donors (Lipinski definition) is 0. The molecule has 0 saturated heterocycles. The van der Waals surface area contributed by atoms with Crippen LogP contribution in [0, 0.1) is 11.3 Å². The van der Waals surface area contributed by atoms with Crippen LogP contribution in [0.25, 0.3) is 10.2 Å². The van der Waals surface area contributed by atoms with Crippen molar-refractivity contribution in [2.24, 2.45) is 0 Å². The SMILES string of the molecule is N#Cc1ccc(CSc2nc3ccccc3s2)cc1. The van der Waals surface area contributed by atoms with Gasteiger partial charge >= 0.3 is 0 Å². The zero-order chi connectivity index (χ0) is 13.1. The monoisotopic (exact) mass is 282 g/mol. The molecule has 19 heavy (non-hydrogen) atoms. The van der Waals surface area contributed by atoms with E-state index in [1.54, 1.807) is 23.1 Å². The maximum Gasteiger partial charge on any atom is 0.151 e. The van der Waals surface area contributed by atoms with Gasteiger partial charge < -0.3 is 0 Å². The number of thioether (sulfide) groups is 1. The normalized spacial score (nSPS) is 10.5. The second kappa shape index (κ2) is 5.43. The second-order valence-corrected chi connectivity index (χ2v) is 6.30. The molecular weight excluding hydrogens is 272 g/mol. The molecule has 2 nitrogen and oxygen atoms in total. The van der Waals surface area contributed by atoms with Gasteiger partial charge in [0.25, 0.3) is 0 Å². The lowest BCUT2D eigenvalue weighted by Crippen LogP contribution is -1.81. The van der Waals surface area contributed by atoms with Gasteiger partial charge in [0.1, 0.15) is 0 Å². The second-order valence-electron chi connectivity index (χ2n) is 4.04. The third-order valence-electron chi connectivity index (χ3n) is 2.72. The summed E-state index contributed by atoms with van der Waals surface area (Å²) in [7, 11) is 0. The van der Waals surface area contributed by atoms with Crippen LogP contribution in [-0.2, 0) is 5.75 Å². The molecule has 3 aromatic rings. The quantitative estimate of drug-likeness (QED) is 0.665. The van der Waals surface area contributed by atoms with E-state index in [-0.39, 0.29) is 0 Å². The van der Waals surface area contributed by atoms with Gasteiger partial charge in [-0.15, -0.1) is 11.3 Å². The minimum absolute atomic E-state index is 0.703. The lowest BCUT2D eigenvalue weighted by Gasteiger charge is -1.98. The van der Waals surface area contributed by atoms with E-state index < -0.39 is 0 Å². The third kappa shape index (κ3) is 2.78. The molecule has 0 bridgehead atoms. The van der Waals surface area contributed by atoms with Crippen LogP contribution in [0.5, 0.6) is 0 Å². The highest BCUT2D eigenvalue weighted by Crippen LogP contribution is 2.31. The maximum absolute atomic E-state index is 8.75. The van der Waals surface area contributed by atoms with Crippen LogP contribution in [0.15, 0.2) is 52.9 Å². The van der Waals surface area contributed by atoms with Crippen LogP contribution < -0.4 is 0 Å². The molecular formula is C15H10N2S2. The van der Waals surface area contributed by atoms with Crippen LogP contribution in [-0.4, -0.2) is 4.98 Å². The fraction of sp³-hybridized carbons (Fsp3) is 0.0667. The molecule has 0 N–H and O–H groups in total. The number of hydrogen-bond acceptors (Lipinski definition) is 4. The summed E-state index contributed by atoms with van der Waals surface area (Å²) in [6, 6.07) is 18.0. The topological polar surface area (TPSA) is 36.7 Å². The molecule has 0 spiro atoms. The summed E-state index contributed by atoms with van der Waals surface area (Å²) in [5.74, 6) is 0.880. The summed E-state index contributed by atoms with van der Waals surface area (Å²) in [6.07, 6.45) is 0. The molecule has 1 heterocycles. The average Bonchev–Trinajstić information content (AvgIpc) is 2.88.